The van der Waals surface area contributed by atoms with Crippen molar-refractivity contribution in [3.63, 3.8) is 0 Å². The summed E-state index contributed by atoms with van der Waals surface area (Å²) in [6, 6.07) is 1.87. The molecule has 21 heavy (non-hydrogen) atoms. The molecule has 118 valence electrons. The van der Waals surface area contributed by atoms with Crippen molar-refractivity contribution in [2.75, 3.05) is 6.61 Å². The van der Waals surface area contributed by atoms with E-state index in [1.54, 1.807) is 0 Å². The van der Waals surface area contributed by atoms with E-state index in [9.17, 15) is 4.79 Å². The summed E-state index contributed by atoms with van der Waals surface area (Å²) in [5, 5.41) is 8.16. The van der Waals surface area contributed by atoms with Crippen molar-refractivity contribution in [3.8, 4) is 0 Å². The number of rotatable bonds is 7. The summed E-state index contributed by atoms with van der Waals surface area (Å²) in [4.78, 5) is 11.8. The summed E-state index contributed by atoms with van der Waals surface area (Å²) in [7, 11) is 0. The van der Waals surface area contributed by atoms with Gasteiger partial charge in [0, 0.05) is 36.5 Å². The second-order valence-electron chi connectivity index (χ2n) is 4.23. The molecule has 3 nitrogen and oxygen atoms in total. The molecule has 1 aromatic rings. The molecule has 0 aliphatic carbocycles. The second-order valence-corrected chi connectivity index (χ2v) is 8.29. The lowest BCUT2D eigenvalue weighted by atomic mass is 10.2. The number of benzene rings is 1. The van der Waals surface area contributed by atoms with Crippen LogP contribution in [0.4, 0.5) is 0 Å². The zero-order chi connectivity index (χ0) is 16.0. The molecule has 0 fully saturated rings. The smallest absolute Gasteiger partial charge is 0.307 e. The van der Waals surface area contributed by atoms with E-state index >= 15 is 0 Å². The molecule has 0 saturated heterocycles. The highest BCUT2D eigenvalue weighted by molar-refractivity contribution is 9.15. The quantitative estimate of drug-likeness (QED) is 0.130. The van der Waals surface area contributed by atoms with Gasteiger partial charge < -0.3 is 9.84 Å². The molecule has 0 aromatic heterocycles. The molecule has 0 saturated carbocycles. The zero-order valence-corrected chi connectivity index (χ0v) is 18.8. The summed E-state index contributed by atoms with van der Waals surface area (Å²) in [6.45, 7) is 0.157. The van der Waals surface area contributed by atoms with Crippen molar-refractivity contribution in [2.45, 2.75) is 30.7 Å². The molecule has 1 N–H and O–H groups in total. The Balaban J connectivity index is 2.68. The van der Waals surface area contributed by atoms with Gasteiger partial charge in [-0.25, -0.2) is 0 Å². The lowest BCUT2D eigenvalue weighted by Crippen LogP contribution is -2.07. The summed E-state index contributed by atoms with van der Waals surface area (Å²) in [6.07, 6.45) is 2.59. The molecule has 1 rings (SSSR count). The minimum Gasteiger partial charge on any atom is -0.446 e. The van der Waals surface area contributed by atoms with Crippen molar-refractivity contribution >= 4 is 85.6 Å². The van der Waals surface area contributed by atoms with Crippen LogP contribution in [0.5, 0.6) is 0 Å². The molecule has 0 aliphatic heterocycles. The van der Waals surface area contributed by atoms with E-state index in [1.165, 1.54) is 0 Å². The van der Waals surface area contributed by atoms with Gasteiger partial charge in [-0.05, 0) is 98.6 Å². The largest absolute Gasteiger partial charge is 0.446 e. The Morgan fingerprint density at radius 3 is 2.38 bits per heavy atom. The molecule has 0 bridgehead atoms. The number of hydrogen-bond acceptors (Lipinski definition) is 3. The fraction of sp³-hybridized carbons (Fsp3) is 0.462. The maximum absolute atomic E-state index is 11.8. The third-order valence-electron chi connectivity index (χ3n) is 2.65. The van der Waals surface area contributed by atoms with Crippen molar-refractivity contribution in [1.29, 1.82) is 0 Å². The molecular weight excluding hydrogens is 604 g/mol. The van der Waals surface area contributed by atoms with Crippen molar-refractivity contribution in [1.82, 2.24) is 0 Å². The summed E-state index contributed by atoms with van der Waals surface area (Å²) < 4.78 is 8.77. The van der Waals surface area contributed by atoms with Crippen LogP contribution in [0.3, 0.4) is 0 Å². The molecule has 1 unspecified atom stereocenters. The van der Waals surface area contributed by atoms with Gasteiger partial charge in [0.05, 0.1) is 0 Å². The van der Waals surface area contributed by atoms with Gasteiger partial charge in [0.1, 0.15) is 0 Å². The van der Waals surface area contributed by atoms with Gasteiger partial charge >= 0.3 is 5.97 Å². The Hall–Kier alpha value is 1.05. The van der Waals surface area contributed by atoms with E-state index in [0.29, 0.717) is 19.3 Å². The lowest BCUT2D eigenvalue weighted by molar-refractivity contribution is -0.145. The number of unbranched alkanes of at least 4 members (excludes halogenated alkanes) is 2. The van der Waals surface area contributed by atoms with Gasteiger partial charge in [-0.1, -0.05) is 6.42 Å². The Morgan fingerprint density at radius 2 is 1.76 bits per heavy atom. The van der Waals surface area contributed by atoms with E-state index in [1.807, 2.05) is 6.07 Å². The van der Waals surface area contributed by atoms with Crippen LogP contribution in [-0.4, -0.2) is 17.7 Å². The maximum Gasteiger partial charge on any atom is 0.307 e. The Labute approximate surface area is 165 Å². The number of ether oxygens (including phenoxy) is 1. The lowest BCUT2D eigenvalue weighted by Gasteiger charge is -2.16. The molecule has 8 heteroatoms. The van der Waals surface area contributed by atoms with Crippen LogP contribution >= 0.6 is 79.6 Å². The molecule has 0 aliphatic rings. The van der Waals surface area contributed by atoms with Crippen molar-refractivity contribution < 1.29 is 14.6 Å². The fourth-order valence-corrected chi connectivity index (χ4v) is 4.68. The number of hydrogen-bond donors (Lipinski definition) is 1. The number of carbonyl (C=O) groups excluding carboxylic acids is 1. The van der Waals surface area contributed by atoms with Crippen LogP contribution in [0.15, 0.2) is 24.0 Å². The first-order valence-electron chi connectivity index (χ1n) is 6.15. The number of aliphatic hydroxyl groups is 1. The highest BCUT2D eigenvalue weighted by Gasteiger charge is 2.20. The molecule has 0 radical (unpaired) electrons. The average molecular weight is 617 g/mol. The highest BCUT2D eigenvalue weighted by atomic mass is 79.9. The Morgan fingerprint density at radius 1 is 1.10 bits per heavy atom. The molecule has 0 spiro atoms. The number of alkyl halides is 1. The predicted molar refractivity (Wildman–Crippen MR) is 101 cm³/mol. The number of aliphatic hydroxyl groups excluding tert-OH is 1. The molecular formula is C13H13Br5O3. The second kappa shape index (κ2) is 10.0. The van der Waals surface area contributed by atoms with Gasteiger partial charge in [0.15, 0.2) is 5.01 Å². The Bertz CT molecular complexity index is 507. The number of carbonyl (C=O) groups is 1. The normalized spacial score (nSPS) is 12.3. The fourth-order valence-electron chi connectivity index (χ4n) is 1.55. The van der Waals surface area contributed by atoms with E-state index < -0.39 is 5.01 Å². The molecule has 0 heterocycles. The van der Waals surface area contributed by atoms with Gasteiger partial charge in [0.25, 0.3) is 0 Å². The Kier molecular flexibility index (Phi) is 9.60. The summed E-state index contributed by atoms with van der Waals surface area (Å²) >= 11 is 17.2. The number of esters is 1. The minimum absolute atomic E-state index is 0.157. The predicted octanol–water partition coefficient (Wildman–Crippen LogP) is 6.23. The van der Waals surface area contributed by atoms with Crippen LogP contribution in [0.1, 0.15) is 36.3 Å². The first-order chi connectivity index (χ1) is 9.88. The van der Waals surface area contributed by atoms with E-state index in [0.717, 1.165) is 29.9 Å². The summed E-state index contributed by atoms with van der Waals surface area (Å²) in [5.41, 5.74) is 0.806. The standard InChI is InChI=1S/C13H13Br5O3/c14-8-6-7(10(15)12(17)11(8)16)13(18)21-9(20)4-2-1-3-5-19/h6,13,19H,1-5H2. The van der Waals surface area contributed by atoms with E-state index in [2.05, 4.69) is 79.6 Å². The third kappa shape index (κ3) is 6.22. The van der Waals surface area contributed by atoms with Crippen molar-refractivity contribution in [3.05, 3.63) is 29.5 Å². The SMILES string of the molecule is O=C(CCCCCO)OC(Br)c1cc(Br)c(Br)c(Br)c1Br. The first kappa shape index (κ1) is 20.1. The molecule has 0 amide bonds. The highest BCUT2D eigenvalue weighted by Crippen LogP contribution is 2.43. The van der Waals surface area contributed by atoms with Gasteiger partial charge in [-0.3, -0.25) is 4.79 Å². The average Bonchev–Trinajstić information content (AvgIpc) is 2.45. The number of halogens is 5. The van der Waals surface area contributed by atoms with Crippen LogP contribution < -0.4 is 0 Å². The topological polar surface area (TPSA) is 46.5 Å². The van der Waals surface area contributed by atoms with Crippen LogP contribution in [-0.2, 0) is 9.53 Å². The first-order valence-corrected chi connectivity index (χ1v) is 10.2. The van der Waals surface area contributed by atoms with Gasteiger partial charge in [-0.15, -0.1) is 0 Å². The maximum atomic E-state index is 11.8. The molecule has 1 atom stereocenters. The van der Waals surface area contributed by atoms with Crippen molar-refractivity contribution in [2.24, 2.45) is 0 Å². The van der Waals surface area contributed by atoms with Gasteiger partial charge in [0.2, 0.25) is 0 Å². The summed E-state index contributed by atoms with van der Waals surface area (Å²) in [5.74, 6) is -0.267. The van der Waals surface area contributed by atoms with Crippen LogP contribution in [0.25, 0.3) is 0 Å². The van der Waals surface area contributed by atoms with E-state index in [-0.39, 0.29) is 12.6 Å². The van der Waals surface area contributed by atoms with Crippen LogP contribution in [0.2, 0.25) is 0 Å². The molecule has 1 aromatic carbocycles. The third-order valence-corrected chi connectivity index (χ3v) is 8.02. The minimum atomic E-state index is -0.530. The van der Waals surface area contributed by atoms with Crippen LogP contribution in [0, 0.1) is 0 Å². The zero-order valence-electron chi connectivity index (χ0n) is 10.8. The van der Waals surface area contributed by atoms with E-state index in [4.69, 9.17) is 9.84 Å². The monoisotopic (exact) mass is 612 g/mol. The van der Waals surface area contributed by atoms with Gasteiger partial charge in [-0.2, -0.15) is 0 Å².